The van der Waals surface area contributed by atoms with E-state index in [4.69, 9.17) is 0 Å². The predicted molar refractivity (Wildman–Crippen MR) is 206 cm³/mol. The van der Waals surface area contributed by atoms with Crippen molar-refractivity contribution in [3.63, 3.8) is 0 Å². The summed E-state index contributed by atoms with van der Waals surface area (Å²) in [5.41, 5.74) is 2.40. The van der Waals surface area contributed by atoms with Crippen LogP contribution in [0.2, 0.25) is 0 Å². The van der Waals surface area contributed by atoms with Gasteiger partial charge in [0.05, 0.1) is 6.10 Å². The fourth-order valence-electron chi connectivity index (χ4n) is 12.0. The number of allylic oxidation sites excluding steroid dienone is 1. The molecule has 0 aliphatic heterocycles. The lowest BCUT2D eigenvalue weighted by atomic mass is 9.46. The molecule has 0 aromatic rings. The molecule has 3 saturated carbocycles. The van der Waals surface area contributed by atoms with Gasteiger partial charge in [0, 0.05) is 11.5 Å². The van der Waals surface area contributed by atoms with Gasteiger partial charge in [0.25, 0.3) is 0 Å². The summed E-state index contributed by atoms with van der Waals surface area (Å²) in [6.45, 7) is 16.2. The second-order valence-corrected chi connectivity index (χ2v) is 18.6. The molecule has 3 fully saturated rings. The fraction of sp³-hybridized carbons (Fsp3) is 0.956. The van der Waals surface area contributed by atoms with E-state index in [1.807, 2.05) is 0 Å². The minimum absolute atomic E-state index is 0.162. The summed E-state index contributed by atoms with van der Waals surface area (Å²) in [4.78, 5) is 0. The van der Waals surface area contributed by atoms with E-state index in [9.17, 15) is 5.11 Å². The van der Waals surface area contributed by atoms with Gasteiger partial charge in [0.1, 0.15) is 0 Å². The van der Waals surface area contributed by atoms with Crippen LogP contribution in [0.5, 0.6) is 0 Å². The number of unbranched alkanes of at least 4 members (excludes halogenated alkanes) is 15. The zero-order valence-electron chi connectivity index (χ0n) is 32.7. The lowest BCUT2D eigenvalue weighted by Gasteiger charge is -2.60. The molecule has 274 valence electrons. The summed E-state index contributed by atoms with van der Waals surface area (Å²) < 4.78 is 0. The summed E-state index contributed by atoms with van der Waals surface area (Å²) in [6, 6.07) is 0.443. The van der Waals surface area contributed by atoms with E-state index in [2.05, 4.69) is 52.9 Å². The van der Waals surface area contributed by atoms with E-state index >= 15 is 0 Å². The average Bonchev–Trinajstić information content (AvgIpc) is 3.40. The molecule has 2 heteroatoms. The smallest absolute Gasteiger partial charge is 0.0592 e. The number of fused-ring (bicyclic) bond motifs is 5. The topological polar surface area (TPSA) is 32.3 Å². The lowest BCUT2D eigenvalue weighted by molar-refractivity contribution is -0.0688. The number of aliphatic hydroxyl groups excluding tert-OH is 1. The molecule has 0 amide bonds. The Kier molecular flexibility index (Phi) is 16.7. The molecule has 1 unspecified atom stereocenters. The van der Waals surface area contributed by atoms with E-state index in [-0.39, 0.29) is 11.5 Å². The van der Waals surface area contributed by atoms with Gasteiger partial charge >= 0.3 is 0 Å². The van der Waals surface area contributed by atoms with Crippen LogP contribution in [0.1, 0.15) is 208 Å². The molecule has 0 aromatic heterocycles. The molecule has 0 heterocycles. The van der Waals surface area contributed by atoms with Gasteiger partial charge in [-0.25, -0.2) is 0 Å². The maximum atomic E-state index is 11.0. The van der Waals surface area contributed by atoms with Crippen LogP contribution in [0.15, 0.2) is 11.6 Å². The first kappa shape index (κ1) is 39.4. The average molecular weight is 654 g/mol. The second kappa shape index (κ2) is 19.9. The van der Waals surface area contributed by atoms with Crippen LogP contribution in [0.4, 0.5) is 0 Å². The first-order valence-corrected chi connectivity index (χ1v) is 21.8. The minimum atomic E-state index is -0.162. The minimum Gasteiger partial charge on any atom is -0.393 e. The van der Waals surface area contributed by atoms with Gasteiger partial charge < -0.3 is 10.4 Å². The third-order valence-electron chi connectivity index (χ3n) is 14.8. The molecule has 2 N–H and O–H groups in total. The predicted octanol–water partition coefficient (Wildman–Crippen LogP) is 13.2. The molecule has 47 heavy (non-hydrogen) atoms. The van der Waals surface area contributed by atoms with Crippen LogP contribution in [0.3, 0.4) is 0 Å². The van der Waals surface area contributed by atoms with Gasteiger partial charge in [0.15, 0.2) is 0 Å². The molecule has 4 aliphatic rings. The van der Waals surface area contributed by atoms with Crippen molar-refractivity contribution >= 4 is 0 Å². The Hall–Kier alpha value is -0.340. The Balaban J connectivity index is 1.16. The highest BCUT2D eigenvalue weighted by molar-refractivity contribution is 5.28. The summed E-state index contributed by atoms with van der Waals surface area (Å²) in [5.74, 6) is 5.20. The quantitative estimate of drug-likeness (QED) is 0.0849. The van der Waals surface area contributed by atoms with E-state index in [1.165, 1.54) is 154 Å². The van der Waals surface area contributed by atoms with Gasteiger partial charge in [-0.1, -0.05) is 169 Å². The third kappa shape index (κ3) is 10.6. The highest BCUT2D eigenvalue weighted by Gasteiger charge is 2.60. The molecule has 9 atom stereocenters. The van der Waals surface area contributed by atoms with Crippen molar-refractivity contribution in [2.45, 2.75) is 221 Å². The second-order valence-electron chi connectivity index (χ2n) is 18.6. The van der Waals surface area contributed by atoms with Crippen molar-refractivity contribution in [3.8, 4) is 0 Å². The largest absolute Gasteiger partial charge is 0.393 e. The van der Waals surface area contributed by atoms with Crippen LogP contribution in [-0.2, 0) is 0 Å². The lowest BCUT2D eigenvalue weighted by Crippen LogP contribution is -2.59. The van der Waals surface area contributed by atoms with Crippen LogP contribution < -0.4 is 5.32 Å². The van der Waals surface area contributed by atoms with E-state index in [1.54, 1.807) is 5.57 Å². The van der Waals surface area contributed by atoms with Crippen molar-refractivity contribution < 1.29 is 5.11 Å². The van der Waals surface area contributed by atoms with E-state index < -0.39 is 0 Å². The molecular weight excluding hydrogens is 571 g/mol. The van der Waals surface area contributed by atoms with Crippen molar-refractivity contribution in [1.82, 2.24) is 5.32 Å². The monoisotopic (exact) mass is 654 g/mol. The molecule has 2 nitrogen and oxygen atoms in total. The number of hydrogen-bond acceptors (Lipinski definition) is 2. The van der Waals surface area contributed by atoms with Crippen molar-refractivity contribution in [2.75, 3.05) is 6.54 Å². The van der Waals surface area contributed by atoms with Crippen LogP contribution >= 0.6 is 0 Å². The van der Waals surface area contributed by atoms with Gasteiger partial charge in [-0.3, -0.25) is 0 Å². The number of rotatable bonds is 23. The van der Waals surface area contributed by atoms with E-state index in [0.29, 0.717) is 11.5 Å². The summed E-state index contributed by atoms with van der Waals surface area (Å²) in [7, 11) is 0. The molecule has 0 spiro atoms. The zero-order chi connectivity index (χ0) is 33.7. The normalized spacial score (nSPS) is 34.2. The zero-order valence-corrected chi connectivity index (χ0v) is 32.7. The molecular formula is C45H83NO. The van der Waals surface area contributed by atoms with E-state index in [0.717, 1.165) is 54.9 Å². The Bertz CT molecular complexity index is 894. The molecule has 0 bridgehead atoms. The Morgan fingerprint density at radius 1 is 0.745 bits per heavy atom. The van der Waals surface area contributed by atoms with Crippen molar-refractivity contribution in [3.05, 3.63) is 11.6 Å². The first-order valence-electron chi connectivity index (χ1n) is 21.8. The Morgan fingerprint density at radius 3 is 1.94 bits per heavy atom. The van der Waals surface area contributed by atoms with Gasteiger partial charge in [-0.15, -0.1) is 0 Å². The number of hydrogen-bond donors (Lipinski definition) is 2. The van der Waals surface area contributed by atoms with Gasteiger partial charge in [-0.05, 0) is 98.8 Å². The highest BCUT2D eigenvalue weighted by atomic mass is 16.3. The van der Waals surface area contributed by atoms with Crippen molar-refractivity contribution in [2.24, 2.45) is 46.3 Å². The fourth-order valence-corrected chi connectivity index (χ4v) is 12.0. The van der Waals surface area contributed by atoms with Crippen LogP contribution in [-0.4, -0.2) is 23.8 Å². The molecule has 0 radical (unpaired) electrons. The van der Waals surface area contributed by atoms with Crippen LogP contribution in [0, 0.1) is 46.3 Å². The molecule has 0 aromatic carbocycles. The summed E-state index contributed by atoms with van der Waals surface area (Å²) in [5, 5.41) is 15.1. The summed E-state index contributed by atoms with van der Waals surface area (Å²) >= 11 is 0. The third-order valence-corrected chi connectivity index (χ3v) is 14.8. The maximum absolute atomic E-state index is 11.0. The first-order chi connectivity index (χ1) is 22.7. The Labute approximate surface area is 294 Å². The molecule has 4 rings (SSSR count). The van der Waals surface area contributed by atoms with Gasteiger partial charge in [0.2, 0.25) is 0 Å². The number of nitrogens with one attached hydrogen (secondary N) is 1. The standard InChI is InChI=1S/C45H83NO/c1-7-8-9-10-11-12-13-14-15-16-17-18-19-20-21-22-32-46-43-34-38(47)33-37-26-27-39-41-29-28-40(36(4)25-23-24-35(2)3)44(41,5)31-30-42(39)45(37,43)6/h26,35-36,38-43,46-47H,7-25,27-34H2,1-6H3/t36-,38-,39+,40-,41+,42+,43?,44-,45+/m1/s1. The maximum Gasteiger partial charge on any atom is 0.0592 e. The number of aliphatic hydroxyl groups is 1. The highest BCUT2D eigenvalue weighted by Crippen LogP contribution is 2.67. The summed E-state index contributed by atoms with van der Waals surface area (Å²) in [6.07, 6.45) is 38.5. The van der Waals surface area contributed by atoms with Crippen LogP contribution in [0.25, 0.3) is 0 Å². The Morgan fingerprint density at radius 2 is 1.34 bits per heavy atom. The van der Waals surface area contributed by atoms with Crippen molar-refractivity contribution in [1.29, 1.82) is 0 Å². The molecule has 4 aliphatic carbocycles. The SMILES string of the molecule is CCCCCCCCCCCCCCCCCCNC1C[C@H](O)CC2=CC[C@H]3[C@@H]4CC[C@H]([C@H](C)CCCC(C)C)[C@@]4(C)CC[C@@H]3[C@]21C. The molecule has 0 saturated heterocycles. The van der Waals surface area contributed by atoms with Gasteiger partial charge in [-0.2, -0.15) is 0 Å².